The molecule has 1 heterocycles. The first-order chi connectivity index (χ1) is 8.88. The summed E-state index contributed by atoms with van der Waals surface area (Å²) in [5.41, 5.74) is 9.66. The number of fused-ring (bicyclic) bond motifs is 1. The number of aromatic nitrogens is 1. The zero-order valence-electron chi connectivity index (χ0n) is 10.1. The normalized spacial score (nSPS) is 12.7. The van der Waals surface area contributed by atoms with Gasteiger partial charge in [0.1, 0.15) is 0 Å². The van der Waals surface area contributed by atoms with Crippen LogP contribution in [0.3, 0.4) is 0 Å². The van der Waals surface area contributed by atoms with Crippen LogP contribution in [-0.2, 0) is 0 Å². The number of nitrogens with one attached hydrogen (secondary N) is 1. The second kappa shape index (κ2) is 4.67. The standard InChI is InChI=1S/C16H16N2/c17-11-15(12-4-2-1-3-5-12)13-6-7-16-14(10-13)8-9-18-16/h1-10,15,18H,11,17H2. The van der Waals surface area contributed by atoms with Crippen LogP contribution in [-0.4, -0.2) is 11.5 Å². The van der Waals surface area contributed by atoms with Crippen molar-refractivity contribution in [2.45, 2.75) is 5.92 Å². The molecule has 2 aromatic carbocycles. The summed E-state index contributed by atoms with van der Waals surface area (Å²) >= 11 is 0. The molecule has 0 bridgehead atoms. The van der Waals surface area contributed by atoms with Gasteiger partial charge in [-0.15, -0.1) is 0 Å². The SMILES string of the molecule is NCC(c1ccccc1)c1ccc2[nH]ccc2c1. The zero-order valence-corrected chi connectivity index (χ0v) is 10.1. The lowest BCUT2D eigenvalue weighted by molar-refractivity contribution is 0.820. The number of hydrogen-bond acceptors (Lipinski definition) is 1. The number of aromatic amines is 1. The summed E-state index contributed by atoms with van der Waals surface area (Å²) in [4.78, 5) is 3.21. The van der Waals surface area contributed by atoms with E-state index in [1.807, 2.05) is 12.3 Å². The molecule has 3 aromatic rings. The quantitative estimate of drug-likeness (QED) is 0.720. The molecule has 1 atom stereocenters. The Bertz CT molecular complexity index is 640. The van der Waals surface area contributed by atoms with E-state index in [1.165, 1.54) is 22.0 Å². The van der Waals surface area contributed by atoms with E-state index in [-0.39, 0.29) is 5.92 Å². The molecule has 0 aliphatic heterocycles. The van der Waals surface area contributed by atoms with E-state index < -0.39 is 0 Å². The van der Waals surface area contributed by atoms with Crippen molar-refractivity contribution in [2.75, 3.05) is 6.54 Å². The summed E-state index contributed by atoms with van der Waals surface area (Å²) in [5.74, 6) is 0.269. The van der Waals surface area contributed by atoms with Crippen LogP contribution >= 0.6 is 0 Å². The third kappa shape index (κ3) is 1.91. The Morgan fingerprint density at radius 1 is 0.944 bits per heavy atom. The predicted molar refractivity (Wildman–Crippen MR) is 75.6 cm³/mol. The summed E-state index contributed by atoms with van der Waals surface area (Å²) in [5, 5.41) is 1.24. The van der Waals surface area contributed by atoms with Crippen LogP contribution in [0.15, 0.2) is 60.8 Å². The molecule has 3 rings (SSSR count). The summed E-state index contributed by atoms with van der Waals surface area (Å²) < 4.78 is 0. The Hall–Kier alpha value is -2.06. The number of hydrogen-bond donors (Lipinski definition) is 2. The lowest BCUT2D eigenvalue weighted by atomic mass is 9.91. The highest BCUT2D eigenvalue weighted by Gasteiger charge is 2.12. The molecule has 0 aliphatic rings. The minimum atomic E-state index is 0.269. The fourth-order valence-corrected chi connectivity index (χ4v) is 2.44. The molecular weight excluding hydrogens is 220 g/mol. The average Bonchev–Trinajstić information content (AvgIpc) is 2.88. The van der Waals surface area contributed by atoms with Crippen LogP contribution in [0.5, 0.6) is 0 Å². The van der Waals surface area contributed by atoms with Gasteiger partial charge in [-0.05, 0) is 34.7 Å². The van der Waals surface area contributed by atoms with E-state index in [9.17, 15) is 0 Å². The summed E-state index contributed by atoms with van der Waals surface area (Å²) in [6.07, 6.45) is 1.97. The molecule has 1 unspecified atom stereocenters. The van der Waals surface area contributed by atoms with Gasteiger partial charge in [0, 0.05) is 24.2 Å². The van der Waals surface area contributed by atoms with Crippen molar-refractivity contribution in [2.24, 2.45) is 5.73 Å². The highest BCUT2D eigenvalue weighted by Crippen LogP contribution is 2.26. The Morgan fingerprint density at radius 2 is 1.78 bits per heavy atom. The van der Waals surface area contributed by atoms with Crippen molar-refractivity contribution in [1.29, 1.82) is 0 Å². The molecule has 0 saturated heterocycles. The van der Waals surface area contributed by atoms with Crippen molar-refractivity contribution in [3.8, 4) is 0 Å². The Morgan fingerprint density at radius 3 is 2.56 bits per heavy atom. The van der Waals surface area contributed by atoms with E-state index in [0.717, 1.165) is 0 Å². The summed E-state index contributed by atoms with van der Waals surface area (Å²) in [7, 11) is 0. The van der Waals surface area contributed by atoms with Crippen LogP contribution in [0, 0.1) is 0 Å². The van der Waals surface area contributed by atoms with Crippen molar-refractivity contribution in [1.82, 2.24) is 4.98 Å². The lowest BCUT2D eigenvalue weighted by Crippen LogP contribution is -2.13. The molecule has 1 aromatic heterocycles. The Balaban J connectivity index is 2.05. The van der Waals surface area contributed by atoms with Crippen LogP contribution < -0.4 is 5.73 Å². The van der Waals surface area contributed by atoms with Gasteiger partial charge in [0.15, 0.2) is 0 Å². The van der Waals surface area contributed by atoms with Gasteiger partial charge in [-0.1, -0.05) is 36.4 Å². The molecule has 0 spiro atoms. The Kier molecular flexibility index (Phi) is 2.87. The van der Waals surface area contributed by atoms with Crippen LogP contribution in [0.2, 0.25) is 0 Å². The monoisotopic (exact) mass is 236 g/mol. The molecule has 0 fully saturated rings. The van der Waals surface area contributed by atoms with Gasteiger partial charge in [-0.25, -0.2) is 0 Å². The van der Waals surface area contributed by atoms with Gasteiger partial charge in [-0.3, -0.25) is 0 Å². The van der Waals surface area contributed by atoms with Crippen LogP contribution in [0.4, 0.5) is 0 Å². The fraction of sp³-hybridized carbons (Fsp3) is 0.125. The topological polar surface area (TPSA) is 41.8 Å². The molecule has 0 aliphatic carbocycles. The van der Waals surface area contributed by atoms with Crippen molar-refractivity contribution in [3.63, 3.8) is 0 Å². The van der Waals surface area contributed by atoms with Crippen molar-refractivity contribution >= 4 is 10.9 Å². The van der Waals surface area contributed by atoms with Gasteiger partial charge < -0.3 is 10.7 Å². The number of H-pyrrole nitrogens is 1. The van der Waals surface area contributed by atoms with E-state index in [2.05, 4.69) is 53.5 Å². The van der Waals surface area contributed by atoms with Crippen LogP contribution in [0.25, 0.3) is 10.9 Å². The predicted octanol–water partition coefficient (Wildman–Crippen LogP) is 3.26. The van der Waals surface area contributed by atoms with E-state index in [4.69, 9.17) is 5.73 Å². The number of rotatable bonds is 3. The highest BCUT2D eigenvalue weighted by atomic mass is 14.7. The molecule has 3 N–H and O–H groups in total. The molecule has 0 amide bonds. The second-order valence-corrected chi connectivity index (χ2v) is 4.52. The molecule has 0 radical (unpaired) electrons. The first kappa shape index (κ1) is 11.1. The molecule has 2 nitrogen and oxygen atoms in total. The minimum absolute atomic E-state index is 0.269. The lowest BCUT2D eigenvalue weighted by Gasteiger charge is -2.15. The van der Waals surface area contributed by atoms with E-state index >= 15 is 0 Å². The zero-order chi connectivity index (χ0) is 12.4. The van der Waals surface area contributed by atoms with Gasteiger partial charge in [-0.2, -0.15) is 0 Å². The molecule has 18 heavy (non-hydrogen) atoms. The maximum absolute atomic E-state index is 5.95. The maximum atomic E-state index is 5.95. The average molecular weight is 236 g/mol. The van der Waals surface area contributed by atoms with E-state index in [1.54, 1.807) is 0 Å². The molecule has 0 saturated carbocycles. The first-order valence-corrected chi connectivity index (χ1v) is 6.20. The van der Waals surface area contributed by atoms with Crippen molar-refractivity contribution < 1.29 is 0 Å². The third-order valence-electron chi connectivity index (χ3n) is 3.42. The van der Waals surface area contributed by atoms with Gasteiger partial charge >= 0.3 is 0 Å². The summed E-state index contributed by atoms with van der Waals surface area (Å²) in [6.45, 7) is 0.625. The minimum Gasteiger partial charge on any atom is -0.361 e. The van der Waals surface area contributed by atoms with Crippen molar-refractivity contribution in [3.05, 3.63) is 71.9 Å². The fourth-order valence-electron chi connectivity index (χ4n) is 2.44. The maximum Gasteiger partial charge on any atom is 0.0454 e. The van der Waals surface area contributed by atoms with Gasteiger partial charge in [0.2, 0.25) is 0 Å². The number of nitrogens with two attached hydrogens (primary N) is 1. The highest BCUT2D eigenvalue weighted by molar-refractivity contribution is 5.80. The molecule has 90 valence electrons. The van der Waals surface area contributed by atoms with Crippen LogP contribution in [0.1, 0.15) is 17.0 Å². The smallest absolute Gasteiger partial charge is 0.0454 e. The summed E-state index contributed by atoms with van der Waals surface area (Å²) in [6, 6.07) is 19.0. The molecular formula is C16H16N2. The third-order valence-corrected chi connectivity index (χ3v) is 3.42. The Labute approximate surface area is 106 Å². The largest absolute Gasteiger partial charge is 0.361 e. The number of benzene rings is 2. The first-order valence-electron chi connectivity index (χ1n) is 6.20. The van der Waals surface area contributed by atoms with Gasteiger partial charge in [0.25, 0.3) is 0 Å². The van der Waals surface area contributed by atoms with E-state index in [0.29, 0.717) is 6.54 Å². The van der Waals surface area contributed by atoms with Gasteiger partial charge in [0.05, 0.1) is 0 Å². The molecule has 2 heteroatoms. The second-order valence-electron chi connectivity index (χ2n) is 4.52.